The second-order valence-corrected chi connectivity index (χ2v) is 7.63. The predicted octanol–water partition coefficient (Wildman–Crippen LogP) is 5.02. The molecule has 2 amide bonds. The molecule has 3 rings (SSSR count). The molecule has 2 aromatic carbocycles. The van der Waals surface area contributed by atoms with Gasteiger partial charge in [-0.3, -0.25) is 9.59 Å². The van der Waals surface area contributed by atoms with Gasteiger partial charge in [0.1, 0.15) is 11.0 Å². The van der Waals surface area contributed by atoms with Crippen LogP contribution in [0, 0.1) is 11.3 Å². The van der Waals surface area contributed by atoms with E-state index in [1.165, 1.54) is 24.3 Å². The van der Waals surface area contributed by atoms with Crippen LogP contribution in [0.1, 0.15) is 26.3 Å². The SMILES string of the molecule is N#Cc1ccc(N2C(=O)c3ccccc3C2=O)cc1S(F)(F)(F)(F)F. The first-order valence-electron chi connectivity index (χ1n) is 6.59. The van der Waals surface area contributed by atoms with Gasteiger partial charge in [-0.2, -0.15) is 5.26 Å². The number of imide groups is 1. The molecule has 0 saturated carbocycles. The van der Waals surface area contributed by atoms with Crippen LogP contribution in [-0.2, 0) is 0 Å². The second-order valence-electron chi connectivity index (χ2n) is 5.25. The van der Waals surface area contributed by atoms with Crippen molar-refractivity contribution in [1.29, 1.82) is 5.26 Å². The number of amides is 2. The van der Waals surface area contributed by atoms with E-state index in [9.17, 15) is 29.0 Å². The average molecular weight is 374 g/mol. The van der Waals surface area contributed by atoms with E-state index in [1.54, 1.807) is 0 Å². The number of anilines is 1. The van der Waals surface area contributed by atoms with Gasteiger partial charge in [-0.25, -0.2) is 4.90 Å². The van der Waals surface area contributed by atoms with Gasteiger partial charge in [-0.15, -0.1) is 0 Å². The maximum Gasteiger partial charge on any atom is 0.311 e. The van der Waals surface area contributed by atoms with Crippen molar-refractivity contribution in [3.8, 4) is 6.07 Å². The molecule has 1 aliphatic heterocycles. The topological polar surface area (TPSA) is 61.2 Å². The third-order valence-electron chi connectivity index (χ3n) is 3.55. The van der Waals surface area contributed by atoms with Crippen molar-refractivity contribution < 1.29 is 29.0 Å². The smallest absolute Gasteiger partial charge is 0.268 e. The summed E-state index contributed by atoms with van der Waals surface area (Å²) in [6.07, 6.45) is 0. The quantitative estimate of drug-likeness (QED) is 0.548. The summed E-state index contributed by atoms with van der Waals surface area (Å²) in [5.74, 6) is -1.86. The van der Waals surface area contributed by atoms with Crippen LogP contribution in [0.15, 0.2) is 47.4 Å². The van der Waals surface area contributed by atoms with Gasteiger partial charge in [0.05, 0.1) is 22.4 Å². The Bertz CT molecular complexity index is 961. The Morgan fingerprint density at radius 1 is 0.880 bits per heavy atom. The zero-order valence-corrected chi connectivity index (χ0v) is 12.9. The molecule has 25 heavy (non-hydrogen) atoms. The van der Waals surface area contributed by atoms with Gasteiger partial charge in [0.25, 0.3) is 11.8 Å². The van der Waals surface area contributed by atoms with Crippen molar-refractivity contribution in [1.82, 2.24) is 0 Å². The number of carbonyl (C=O) groups excluding carboxylic acids is 2. The lowest BCUT2D eigenvalue weighted by Crippen LogP contribution is -2.29. The molecule has 0 aliphatic carbocycles. The van der Waals surface area contributed by atoms with Crippen molar-refractivity contribution in [3.05, 3.63) is 59.2 Å². The highest BCUT2D eigenvalue weighted by molar-refractivity contribution is 8.45. The van der Waals surface area contributed by atoms with E-state index < -0.39 is 38.2 Å². The lowest BCUT2D eigenvalue weighted by molar-refractivity contribution is 0.0925. The van der Waals surface area contributed by atoms with E-state index in [2.05, 4.69) is 0 Å². The fourth-order valence-electron chi connectivity index (χ4n) is 2.49. The summed E-state index contributed by atoms with van der Waals surface area (Å²) in [4.78, 5) is 22.5. The molecule has 4 nitrogen and oxygen atoms in total. The van der Waals surface area contributed by atoms with Gasteiger partial charge in [0.15, 0.2) is 0 Å². The molecule has 1 aliphatic rings. The van der Waals surface area contributed by atoms with E-state index in [4.69, 9.17) is 5.26 Å². The molecule has 10 heteroatoms. The van der Waals surface area contributed by atoms with Crippen LogP contribution in [0.25, 0.3) is 0 Å². The number of nitrogens with zero attached hydrogens (tertiary/aromatic N) is 2. The molecule has 0 spiro atoms. The Hall–Kier alpha value is -2.93. The highest BCUT2D eigenvalue weighted by Crippen LogP contribution is 3.02. The van der Waals surface area contributed by atoms with Crippen LogP contribution in [0.3, 0.4) is 0 Å². The fraction of sp³-hybridized carbons (Fsp3) is 0. The van der Waals surface area contributed by atoms with Crippen LogP contribution in [0.2, 0.25) is 0 Å². The molecule has 130 valence electrons. The summed E-state index contributed by atoms with van der Waals surface area (Å²) in [6, 6.07) is 7.85. The summed E-state index contributed by atoms with van der Waals surface area (Å²) in [5, 5.41) is 8.70. The number of hydrogen-bond acceptors (Lipinski definition) is 3. The average Bonchev–Trinajstić information content (AvgIpc) is 2.77. The van der Waals surface area contributed by atoms with Crippen LogP contribution in [-0.4, -0.2) is 11.8 Å². The Labute approximate surface area is 137 Å². The number of fused-ring (bicyclic) bond motifs is 1. The number of hydrogen-bond donors (Lipinski definition) is 0. The molecular weight excluding hydrogens is 367 g/mol. The van der Waals surface area contributed by atoms with E-state index in [0.29, 0.717) is 11.0 Å². The van der Waals surface area contributed by atoms with Crippen LogP contribution >= 0.6 is 10.2 Å². The van der Waals surface area contributed by atoms with E-state index in [0.717, 1.165) is 12.1 Å². The first kappa shape index (κ1) is 16.9. The van der Waals surface area contributed by atoms with Crippen molar-refractivity contribution >= 4 is 27.7 Å². The molecular formula is C15H7F5N2O2S. The monoisotopic (exact) mass is 374 g/mol. The Morgan fingerprint density at radius 3 is 1.84 bits per heavy atom. The van der Waals surface area contributed by atoms with E-state index in [1.807, 2.05) is 0 Å². The van der Waals surface area contributed by atoms with Crippen LogP contribution in [0.5, 0.6) is 0 Å². The van der Waals surface area contributed by atoms with Gasteiger partial charge < -0.3 is 0 Å². The summed E-state index contributed by atoms with van der Waals surface area (Å²) in [7, 11) is -10.2. The van der Waals surface area contributed by atoms with E-state index >= 15 is 0 Å². The van der Waals surface area contributed by atoms with Gasteiger partial charge in [0, 0.05) is 0 Å². The molecule has 2 aromatic rings. The number of rotatable bonds is 2. The zero-order valence-electron chi connectivity index (χ0n) is 12.1. The molecule has 0 N–H and O–H groups in total. The summed E-state index contributed by atoms with van der Waals surface area (Å²) in [5.41, 5.74) is -2.08. The molecule has 0 atom stereocenters. The molecule has 0 saturated heterocycles. The highest BCUT2D eigenvalue weighted by atomic mass is 32.5. The zero-order chi connectivity index (χ0) is 18.7. The second kappa shape index (κ2) is 4.37. The fourth-order valence-corrected chi connectivity index (χ4v) is 3.36. The van der Waals surface area contributed by atoms with Gasteiger partial charge >= 0.3 is 10.2 Å². The molecule has 0 bridgehead atoms. The number of carbonyl (C=O) groups is 2. The first-order valence-corrected chi connectivity index (χ1v) is 8.54. The third kappa shape index (κ3) is 2.72. The lowest BCUT2D eigenvalue weighted by atomic mass is 10.1. The lowest BCUT2D eigenvalue weighted by Gasteiger charge is -2.41. The molecule has 1 heterocycles. The Kier molecular flexibility index (Phi) is 2.96. The van der Waals surface area contributed by atoms with Crippen molar-refractivity contribution in [2.75, 3.05) is 4.90 Å². The minimum absolute atomic E-state index is 0.0399. The molecule has 0 radical (unpaired) electrons. The standard InChI is InChI=1S/C15H7F5N2O2S/c16-25(17,18,19,20)13-7-10(6-5-9(13)8-21)22-14(23)11-3-1-2-4-12(11)15(22)24/h1-7H. The molecule has 0 unspecified atom stereocenters. The molecule has 0 fully saturated rings. The summed E-state index contributed by atoms with van der Waals surface area (Å²) in [6.45, 7) is 0. The van der Waals surface area contributed by atoms with E-state index in [-0.39, 0.29) is 17.2 Å². The van der Waals surface area contributed by atoms with Gasteiger partial charge in [-0.1, -0.05) is 31.6 Å². The summed E-state index contributed by atoms with van der Waals surface area (Å²) < 4.78 is 65.9. The van der Waals surface area contributed by atoms with Crippen LogP contribution < -0.4 is 4.90 Å². The third-order valence-corrected chi connectivity index (χ3v) is 4.72. The Morgan fingerprint density at radius 2 is 1.40 bits per heavy atom. The van der Waals surface area contributed by atoms with Crippen molar-refractivity contribution in [2.45, 2.75) is 4.90 Å². The largest absolute Gasteiger partial charge is 0.311 e. The van der Waals surface area contributed by atoms with Crippen molar-refractivity contribution in [3.63, 3.8) is 0 Å². The number of halogens is 5. The van der Waals surface area contributed by atoms with Crippen LogP contribution in [0.4, 0.5) is 25.1 Å². The minimum atomic E-state index is -10.2. The predicted molar refractivity (Wildman–Crippen MR) is 80.1 cm³/mol. The summed E-state index contributed by atoms with van der Waals surface area (Å²) >= 11 is 0. The van der Waals surface area contributed by atoms with Gasteiger partial charge in [0.2, 0.25) is 0 Å². The van der Waals surface area contributed by atoms with Crippen molar-refractivity contribution in [2.24, 2.45) is 0 Å². The van der Waals surface area contributed by atoms with Gasteiger partial charge in [-0.05, 0) is 30.3 Å². The number of nitriles is 1. The normalized spacial score (nSPS) is 16.9. The first-order chi connectivity index (χ1) is 11.3. The number of benzene rings is 2. The maximum atomic E-state index is 13.2. The highest BCUT2D eigenvalue weighted by Gasteiger charge is 2.67. The Balaban J connectivity index is 2.21. The minimum Gasteiger partial charge on any atom is -0.268 e. The molecule has 0 aromatic heterocycles. The maximum absolute atomic E-state index is 13.2.